The quantitative estimate of drug-likeness (QED) is 0.330. The third-order valence-corrected chi connectivity index (χ3v) is 7.58. The summed E-state index contributed by atoms with van der Waals surface area (Å²) in [7, 11) is -1.33. The normalized spacial score (nSPS) is 10.9. The van der Waals surface area contributed by atoms with E-state index in [-0.39, 0.29) is 16.6 Å². The Morgan fingerprint density at radius 2 is 1.61 bits per heavy atom. The van der Waals surface area contributed by atoms with Gasteiger partial charge in [0.05, 0.1) is 36.1 Å². The highest BCUT2D eigenvalue weighted by molar-refractivity contribution is 7.92. The SMILES string of the molecule is CCCCNC(=O)c1ccccc1NC(=O)CN(c1ccc(C)cc1)S(=O)(=O)c1ccc(OC)c(OC)c1. The van der Waals surface area contributed by atoms with Gasteiger partial charge in [-0.2, -0.15) is 0 Å². The van der Waals surface area contributed by atoms with Gasteiger partial charge in [-0.1, -0.05) is 43.2 Å². The molecule has 0 spiro atoms. The molecule has 0 bridgehead atoms. The van der Waals surface area contributed by atoms with Crippen molar-refractivity contribution in [1.82, 2.24) is 5.32 Å². The number of anilines is 2. The van der Waals surface area contributed by atoms with Crippen molar-refractivity contribution < 1.29 is 27.5 Å². The second-order valence-electron chi connectivity index (χ2n) is 8.57. The van der Waals surface area contributed by atoms with Crippen molar-refractivity contribution >= 4 is 33.2 Å². The first-order valence-electron chi connectivity index (χ1n) is 12.2. The molecule has 3 aromatic rings. The Bertz CT molecular complexity index is 1370. The van der Waals surface area contributed by atoms with Crippen molar-refractivity contribution in [1.29, 1.82) is 0 Å². The summed E-state index contributed by atoms with van der Waals surface area (Å²) in [6.07, 6.45) is 1.77. The minimum atomic E-state index is -4.20. The molecule has 0 aliphatic rings. The number of nitrogens with one attached hydrogen (secondary N) is 2. The number of sulfonamides is 1. The molecule has 0 radical (unpaired) electrons. The summed E-state index contributed by atoms with van der Waals surface area (Å²) in [5, 5.41) is 5.54. The number of amides is 2. The topological polar surface area (TPSA) is 114 Å². The number of ether oxygens (including phenoxy) is 2. The van der Waals surface area contributed by atoms with Crippen molar-refractivity contribution in [3.8, 4) is 11.5 Å². The van der Waals surface area contributed by atoms with E-state index in [4.69, 9.17) is 9.47 Å². The zero-order valence-corrected chi connectivity index (χ0v) is 22.8. The Morgan fingerprint density at radius 1 is 0.921 bits per heavy atom. The fourth-order valence-corrected chi connectivity index (χ4v) is 5.15. The van der Waals surface area contributed by atoms with Crippen LogP contribution in [0.5, 0.6) is 11.5 Å². The molecule has 0 fully saturated rings. The van der Waals surface area contributed by atoms with Crippen LogP contribution < -0.4 is 24.4 Å². The summed E-state index contributed by atoms with van der Waals surface area (Å²) in [4.78, 5) is 25.8. The van der Waals surface area contributed by atoms with Gasteiger partial charge in [-0.15, -0.1) is 0 Å². The minimum absolute atomic E-state index is 0.0702. The molecule has 2 amide bonds. The maximum Gasteiger partial charge on any atom is 0.264 e. The third-order valence-electron chi connectivity index (χ3n) is 5.81. The number of methoxy groups -OCH3 is 2. The van der Waals surface area contributed by atoms with Crippen LogP contribution in [0.1, 0.15) is 35.7 Å². The van der Waals surface area contributed by atoms with Crippen LogP contribution in [0.2, 0.25) is 0 Å². The van der Waals surface area contributed by atoms with Gasteiger partial charge < -0.3 is 20.1 Å². The summed E-state index contributed by atoms with van der Waals surface area (Å²) >= 11 is 0. The number of rotatable bonds is 12. The molecule has 10 heteroatoms. The summed E-state index contributed by atoms with van der Waals surface area (Å²) in [5.74, 6) is -0.309. The fourth-order valence-electron chi connectivity index (χ4n) is 3.71. The molecular formula is C28H33N3O6S. The second kappa shape index (κ2) is 13.0. The maximum atomic E-state index is 13.8. The first kappa shape index (κ1) is 28.5. The summed E-state index contributed by atoms with van der Waals surface area (Å²) in [6, 6.07) is 17.6. The molecule has 0 saturated carbocycles. The Kier molecular flexibility index (Phi) is 9.72. The van der Waals surface area contributed by atoms with E-state index in [9.17, 15) is 18.0 Å². The van der Waals surface area contributed by atoms with E-state index in [1.165, 1.54) is 32.4 Å². The molecule has 0 unspecified atom stereocenters. The van der Waals surface area contributed by atoms with E-state index in [0.717, 1.165) is 22.7 Å². The van der Waals surface area contributed by atoms with Gasteiger partial charge in [0.1, 0.15) is 6.54 Å². The summed E-state index contributed by atoms with van der Waals surface area (Å²) in [6.45, 7) is 3.90. The molecule has 0 saturated heterocycles. The van der Waals surface area contributed by atoms with E-state index in [1.807, 2.05) is 13.8 Å². The molecule has 2 N–H and O–H groups in total. The van der Waals surface area contributed by atoms with E-state index < -0.39 is 22.5 Å². The van der Waals surface area contributed by atoms with E-state index >= 15 is 0 Å². The van der Waals surface area contributed by atoms with Crippen molar-refractivity contribution in [2.24, 2.45) is 0 Å². The van der Waals surface area contributed by atoms with Crippen LogP contribution in [0.4, 0.5) is 11.4 Å². The number of carbonyl (C=O) groups is 2. The van der Waals surface area contributed by atoms with E-state index in [1.54, 1.807) is 48.5 Å². The summed E-state index contributed by atoms with van der Waals surface area (Å²) < 4.78 is 39.1. The number of nitrogens with zero attached hydrogens (tertiary/aromatic N) is 1. The number of para-hydroxylation sites is 1. The Balaban J connectivity index is 1.93. The Labute approximate surface area is 223 Å². The maximum absolute atomic E-state index is 13.8. The largest absolute Gasteiger partial charge is 0.493 e. The molecule has 3 aromatic carbocycles. The smallest absolute Gasteiger partial charge is 0.264 e. The molecule has 0 aliphatic heterocycles. The molecule has 9 nitrogen and oxygen atoms in total. The number of hydrogen-bond donors (Lipinski definition) is 2. The number of aryl methyl sites for hydroxylation is 1. The number of hydrogen-bond acceptors (Lipinski definition) is 6. The van der Waals surface area contributed by atoms with Crippen LogP contribution in [-0.2, 0) is 14.8 Å². The molecule has 0 aromatic heterocycles. The Morgan fingerprint density at radius 3 is 2.26 bits per heavy atom. The average molecular weight is 540 g/mol. The second-order valence-corrected chi connectivity index (χ2v) is 10.4. The van der Waals surface area contributed by atoms with E-state index in [2.05, 4.69) is 10.6 Å². The first-order valence-corrected chi connectivity index (χ1v) is 13.6. The van der Waals surface area contributed by atoms with Gasteiger partial charge in [-0.25, -0.2) is 8.42 Å². The molecule has 3 rings (SSSR count). The van der Waals surface area contributed by atoms with Gasteiger partial charge in [0.15, 0.2) is 11.5 Å². The predicted octanol–water partition coefficient (Wildman–Crippen LogP) is 4.38. The number of carbonyl (C=O) groups excluding carboxylic acids is 2. The molecule has 0 heterocycles. The van der Waals surface area contributed by atoms with Crippen molar-refractivity contribution in [2.75, 3.05) is 36.9 Å². The van der Waals surface area contributed by atoms with Crippen LogP contribution in [0.25, 0.3) is 0 Å². The van der Waals surface area contributed by atoms with Crippen LogP contribution in [0, 0.1) is 6.92 Å². The number of unbranched alkanes of at least 4 members (excludes halogenated alkanes) is 1. The van der Waals surface area contributed by atoms with E-state index in [0.29, 0.717) is 29.2 Å². The van der Waals surface area contributed by atoms with Gasteiger partial charge in [-0.3, -0.25) is 13.9 Å². The summed E-state index contributed by atoms with van der Waals surface area (Å²) in [5.41, 5.74) is 1.83. The van der Waals surface area contributed by atoms with Crippen molar-refractivity contribution in [2.45, 2.75) is 31.6 Å². The van der Waals surface area contributed by atoms with Crippen LogP contribution >= 0.6 is 0 Å². The number of benzene rings is 3. The standard InChI is InChI=1S/C28H33N3O6S/c1-5-6-17-29-28(33)23-9-7-8-10-24(23)30-27(32)19-31(21-13-11-20(2)12-14-21)38(34,35)22-15-16-25(36-3)26(18-22)37-4/h7-16,18H,5-6,17,19H2,1-4H3,(H,29,33)(H,30,32). The van der Waals surface area contributed by atoms with Crippen LogP contribution in [0.3, 0.4) is 0 Å². The van der Waals surface area contributed by atoms with Crippen LogP contribution in [0.15, 0.2) is 71.6 Å². The third kappa shape index (κ3) is 6.83. The zero-order valence-electron chi connectivity index (χ0n) is 22.0. The highest BCUT2D eigenvalue weighted by Gasteiger charge is 2.29. The molecular weight excluding hydrogens is 506 g/mol. The van der Waals surface area contributed by atoms with Gasteiger partial charge in [0.2, 0.25) is 5.91 Å². The minimum Gasteiger partial charge on any atom is -0.493 e. The van der Waals surface area contributed by atoms with Gasteiger partial charge in [0, 0.05) is 12.6 Å². The average Bonchev–Trinajstić information content (AvgIpc) is 2.92. The first-order chi connectivity index (χ1) is 18.2. The molecule has 202 valence electrons. The lowest BCUT2D eigenvalue weighted by Gasteiger charge is -2.25. The fraction of sp³-hybridized carbons (Fsp3) is 0.286. The van der Waals surface area contributed by atoms with Crippen molar-refractivity contribution in [3.05, 3.63) is 77.9 Å². The predicted molar refractivity (Wildman–Crippen MR) is 148 cm³/mol. The lowest BCUT2D eigenvalue weighted by atomic mass is 10.1. The highest BCUT2D eigenvalue weighted by atomic mass is 32.2. The van der Waals surface area contributed by atoms with Gasteiger partial charge >= 0.3 is 0 Å². The molecule has 0 atom stereocenters. The zero-order chi connectivity index (χ0) is 27.7. The van der Waals surface area contributed by atoms with Crippen LogP contribution in [-0.4, -0.2) is 47.5 Å². The highest BCUT2D eigenvalue weighted by Crippen LogP contribution is 2.32. The molecule has 0 aliphatic carbocycles. The van der Waals surface area contributed by atoms with Gasteiger partial charge in [0.25, 0.3) is 15.9 Å². The lowest BCUT2D eigenvalue weighted by molar-refractivity contribution is -0.114. The van der Waals surface area contributed by atoms with Gasteiger partial charge in [-0.05, 0) is 49.7 Å². The lowest BCUT2D eigenvalue weighted by Crippen LogP contribution is -2.38. The Hall–Kier alpha value is -4.05. The monoisotopic (exact) mass is 539 g/mol. The molecule has 38 heavy (non-hydrogen) atoms. The van der Waals surface area contributed by atoms with Crippen molar-refractivity contribution in [3.63, 3.8) is 0 Å².